The Hall–Kier alpha value is -0.650. The zero-order valence-corrected chi connectivity index (χ0v) is 13.0. The molecule has 0 aliphatic heterocycles. The highest BCUT2D eigenvalue weighted by Gasteiger charge is 2.18. The van der Waals surface area contributed by atoms with Gasteiger partial charge in [-0.2, -0.15) is 0 Å². The number of nitrogens with zero attached hydrogens (tertiary/aromatic N) is 3. The summed E-state index contributed by atoms with van der Waals surface area (Å²) in [5, 5.41) is 1.11. The maximum absolute atomic E-state index is 5.78. The summed E-state index contributed by atoms with van der Waals surface area (Å²) in [6.45, 7) is 9.18. The fraction of sp³-hybridized carbons (Fsp3) is 0.769. The lowest BCUT2D eigenvalue weighted by Crippen LogP contribution is -2.40. The highest BCUT2D eigenvalue weighted by molar-refractivity contribution is 7.15. The van der Waals surface area contributed by atoms with Crippen molar-refractivity contribution in [2.24, 2.45) is 5.73 Å². The summed E-state index contributed by atoms with van der Waals surface area (Å²) < 4.78 is 0. The number of hydrogen-bond acceptors (Lipinski definition) is 5. The van der Waals surface area contributed by atoms with Crippen molar-refractivity contribution in [2.45, 2.75) is 39.8 Å². The first-order valence-corrected chi connectivity index (χ1v) is 7.45. The fourth-order valence-electron chi connectivity index (χ4n) is 2.19. The van der Waals surface area contributed by atoms with Crippen LogP contribution in [0.5, 0.6) is 0 Å². The second-order valence-corrected chi connectivity index (χ2v) is 5.88. The summed E-state index contributed by atoms with van der Waals surface area (Å²) in [4.78, 5) is 10.5. The standard InChI is InChI=1S/C13H26N4S/c1-6-11-12(8-14)18-13(15-11)17(7-2)10(3)9-16(4)5/h10H,6-9,14H2,1-5H3. The van der Waals surface area contributed by atoms with E-state index >= 15 is 0 Å². The molecular formula is C13H26N4S. The lowest BCUT2D eigenvalue weighted by molar-refractivity contribution is 0.373. The average Bonchev–Trinajstić information content (AvgIpc) is 2.72. The molecule has 104 valence electrons. The molecule has 2 N–H and O–H groups in total. The van der Waals surface area contributed by atoms with E-state index in [1.165, 1.54) is 4.88 Å². The molecule has 5 heteroatoms. The van der Waals surface area contributed by atoms with Crippen LogP contribution in [0.25, 0.3) is 0 Å². The first-order chi connectivity index (χ1) is 8.53. The summed E-state index contributed by atoms with van der Waals surface area (Å²) in [5.74, 6) is 0. The average molecular weight is 270 g/mol. The van der Waals surface area contributed by atoms with Crippen LogP contribution in [0.1, 0.15) is 31.3 Å². The predicted molar refractivity (Wildman–Crippen MR) is 80.4 cm³/mol. The lowest BCUT2D eigenvalue weighted by atomic mass is 10.3. The zero-order valence-electron chi connectivity index (χ0n) is 12.2. The molecule has 0 aromatic carbocycles. The minimum atomic E-state index is 0.464. The molecule has 1 aromatic rings. The number of anilines is 1. The Bertz CT molecular complexity index is 340. The van der Waals surface area contributed by atoms with Gasteiger partial charge in [-0.3, -0.25) is 0 Å². The van der Waals surface area contributed by atoms with Crippen LogP contribution < -0.4 is 10.6 Å². The Balaban J connectivity index is 2.90. The van der Waals surface area contributed by atoms with E-state index in [1.807, 2.05) is 0 Å². The minimum Gasteiger partial charge on any atom is -0.344 e. The number of thiazole rings is 1. The van der Waals surface area contributed by atoms with E-state index in [9.17, 15) is 0 Å². The van der Waals surface area contributed by atoms with Crippen molar-refractivity contribution < 1.29 is 0 Å². The minimum absolute atomic E-state index is 0.464. The van der Waals surface area contributed by atoms with Gasteiger partial charge in [-0.15, -0.1) is 11.3 Å². The Kier molecular flexibility index (Phi) is 6.05. The number of rotatable bonds is 7. The number of likely N-dealkylation sites (N-methyl/N-ethyl adjacent to an activating group) is 2. The van der Waals surface area contributed by atoms with Gasteiger partial charge < -0.3 is 15.5 Å². The van der Waals surface area contributed by atoms with Gasteiger partial charge in [0.25, 0.3) is 0 Å². The molecule has 1 heterocycles. The van der Waals surface area contributed by atoms with Crippen LogP contribution in [0.4, 0.5) is 5.13 Å². The third kappa shape index (κ3) is 3.67. The molecule has 0 aliphatic carbocycles. The van der Waals surface area contributed by atoms with Crippen molar-refractivity contribution in [1.29, 1.82) is 0 Å². The van der Waals surface area contributed by atoms with Crippen molar-refractivity contribution in [1.82, 2.24) is 9.88 Å². The van der Waals surface area contributed by atoms with E-state index in [1.54, 1.807) is 11.3 Å². The van der Waals surface area contributed by atoms with Crippen LogP contribution in [-0.4, -0.2) is 43.1 Å². The molecule has 0 amide bonds. The van der Waals surface area contributed by atoms with Crippen LogP contribution in [0.2, 0.25) is 0 Å². The molecule has 4 nitrogen and oxygen atoms in total. The first-order valence-electron chi connectivity index (χ1n) is 6.63. The first kappa shape index (κ1) is 15.4. The van der Waals surface area contributed by atoms with Gasteiger partial charge in [0.1, 0.15) is 0 Å². The molecule has 0 fully saturated rings. The van der Waals surface area contributed by atoms with Gasteiger partial charge in [0.05, 0.1) is 5.69 Å². The van der Waals surface area contributed by atoms with Crippen molar-refractivity contribution in [3.8, 4) is 0 Å². The largest absolute Gasteiger partial charge is 0.344 e. The summed E-state index contributed by atoms with van der Waals surface area (Å²) in [6, 6.07) is 0.464. The maximum Gasteiger partial charge on any atom is 0.186 e. The summed E-state index contributed by atoms with van der Waals surface area (Å²) in [6.07, 6.45) is 0.961. The normalized spacial score (nSPS) is 13.1. The number of aromatic nitrogens is 1. The highest BCUT2D eigenvalue weighted by Crippen LogP contribution is 2.27. The van der Waals surface area contributed by atoms with Gasteiger partial charge in [-0.25, -0.2) is 4.98 Å². The van der Waals surface area contributed by atoms with E-state index in [4.69, 9.17) is 10.7 Å². The summed E-state index contributed by atoms with van der Waals surface area (Å²) in [7, 11) is 4.21. The molecule has 0 saturated heterocycles. The molecular weight excluding hydrogens is 244 g/mol. The molecule has 0 bridgehead atoms. The highest BCUT2D eigenvalue weighted by atomic mass is 32.1. The monoisotopic (exact) mass is 270 g/mol. The molecule has 0 aliphatic rings. The smallest absolute Gasteiger partial charge is 0.186 e. The number of hydrogen-bond donors (Lipinski definition) is 1. The Morgan fingerprint density at radius 2 is 2.00 bits per heavy atom. The van der Waals surface area contributed by atoms with Crippen molar-refractivity contribution in [3.05, 3.63) is 10.6 Å². The lowest BCUT2D eigenvalue weighted by Gasteiger charge is -2.29. The molecule has 0 spiro atoms. The molecule has 0 radical (unpaired) electrons. The van der Waals surface area contributed by atoms with Gasteiger partial charge in [0.15, 0.2) is 5.13 Å². The molecule has 1 aromatic heterocycles. The van der Waals surface area contributed by atoms with Crippen molar-refractivity contribution in [2.75, 3.05) is 32.1 Å². The van der Waals surface area contributed by atoms with Crippen LogP contribution in [-0.2, 0) is 13.0 Å². The number of aryl methyl sites for hydroxylation is 1. The van der Waals surface area contributed by atoms with Gasteiger partial charge in [-0.05, 0) is 34.4 Å². The third-order valence-electron chi connectivity index (χ3n) is 3.04. The van der Waals surface area contributed by atoms with Crippen LogP contribution in [0.15, 0.2) is 0 Å². The van der Waals surface area contributed by atoms with Crippen LogP contribution in [0, 0.1) is 0 Å². The SMILES string of the molecule is CCc1nc(N(CC)C(C)CN(C)C)sc1CN. The predicted octanol–water partition coefficient (Wildman–Crippen LogP) is 1.94. The van der Waals surface area contributed by atoms with Crippen molar-refractivity contribution >= 4 is 16.5 Å². The molecule has 0 saturated carbocycles. The summed E-state index contributed by atoms with van der Waals surface area (Å²) >= 11 is 1.74. The van der Waals surface area contributed by atoms with E-state index in [2.05, 4.69) is 44.7 Å². The van der Waals surface area contributed by atoms with Gasteiger partial charge >= 0.3 is 0 Å². The van der Waals surface area contributed by atoms with Crippen LogP contribution in [0.3, 0.4) is 0 Å². The zero-order chi connectivity index (χ0) is 13.7. The topological polar surface area (TPSA) is 45.4 Å². The second kappa shape index (κ2) is 7.07. The quantitative estimate of drug-likeness (QED) is 0.822. The van der Waals surface area contributed by atoms with Gasteiger partial charge in [0.2, 0.25) is 0 Å². The maximum atomic E-state index is 5.78. The molecule has 1 atom stereocenters. The van der Waals surface area contributed by atoms with Crippen molar-refractivity contribution in [3.63, 3.8) is 0 Å². The molecule has 1 rings (SSSR count). The number of nitrogens with two attached hydrogens (primary N) is 1. The Morgan fingerprint density at radius 1 is 1.33 bits per heavy atom. The Morgan fingerprint density at radius 3 is 2.39 bits per heavy atom. The van der Waals surface area contributed by atoms with Gasteiger partial charge in [-0.1, -0.05) is 6.92 Å². The second-order valence-electron chi connectivity index (χ2n) is 4.82. The summed E-state index contributed by atoms with van der Waals surface area (Å²) in [5.41, 5.74) is 6.94. The van der Waals surface area contributed by atoms with Crippen LogP contribution >= 0.6 is 11.3 Å². The van der Waals surface area contributed by atoms with E-state index in [0.717, 1.165) is 30.3 Å². The van der Waals surface area contributed by atoms with E-state index in [0.29, 0.717) is 12.6 Å². The van der Waals surface area contributed by atoms with Gasteiger partial charge in [0, 0.05) is 30.6 Å². The Labute approximate surface area is 115 Å². The van der Waals surface area contributed by atoms with E-state index in [-0.39, 0.29) is 0 Å². The third-order valence-corrected chi connectivity index (χ3v) is 4.19. The molecule has 1 unspecified atom stereocenters. The molecule has 18 heavy (non-hydrogen) atoms. The fourth-order valence-corrected chi connectivity index (χ4v) is 3.38. The van der Waals surface area contributed by atoms with E-state index < -0.39 is 0 Å².